The molecule has 0 aliphatic carbocycles. The van der Waals surface area contributed by atoms with Crippen molar-refractivity contribution >= 4 is 34.6 Å². The minimum Gasteiger partial charge on any atom is -0.383 e. The number of Topliss-reactive ketones (excluding diaryl/α,β-unsaturated/α-hetero) is 1. The molecule has 4 nitrogen and oxygen atoms in total. The van der Waals surface area contributed by atoms with E-state index in [2.05, 4.69) is 9.97 Å². The van der Waals surface area contributed by atoms with Gasteiger partial charge in [-0.25, -0.2) is 9.97 Å². The van der Waals surface area contributed by atoms with E-state index in [0.29, 0.717) is 21.9 Å². The van der Waals surface area contributed by atoms with Crippen LogP contribution in [0, 0.1) is 0 Å². The topological polar surface area (TPSA) is 46.1 Å². The number of nitrogens with zero attached hydrogens (tertiary/aromatic N) is 3. The minimum absolute atomic E-state index is 0.0982. The van der Waals surface area contributed by atoms with Crippen molar-refractivity contribution in [3.8, 4) is 0 Å². The Labute approximate surface area is 133 Å². The van der Waals surface area contributed by atoms with Crippen LogP contribution in [-0.2, 0) is 0 Å². The van der Waals surface area contributed by atoms with E-state index in [0.717, 1.165) is 0 Å². The molecule has 1 heterocycles. The summed E-state index contributed by atoms with van der Waals surface area (Å²) in [6.07, 6.45) is 3.22. The summed E-state index contributed by atoms with van der Waals surface area (Å²) in [4.78, 5) is 22.4. The summed E-state index contributed by atoms with van der Waals surface area (Å²) in [7, 11) is 3.66. The normalized spacial score (nSPS) is 11.3. The van der Waals surface area contributed by atoms with Crippen LogP contribution in [0.2, 0.25) is 10.3 Å². The Morgan fingerprint density at radius 3 is 2.38 bits per heavy atom. The third kappa shape index (κ3) is 4.03. The predicted octanol–water partition coefficient (Wildman–Crippen LogP) is 3.57. The summed E-state index contributed by atoms with van der Waals surface area (Å²) in [6, 6.07) is 8.35. The van der Waals surface area contributed by atoms with Gasteiger partial charge in [0.05, 0.1) is 11.3 Å². The maximum Gasteiger partial charge on any atom is 0.222 e. The fourth-order valence-corrected chi connectivity index (χ4v) is 2.01. The summed E-state index contributed by atoms with van der Waals surface area (Å²) in [5, 5.41) is 0.677. The van der Waals surface area contributed by atoms with Crippen molar-refractivity contribution < 1.29 is 4.79 Å². The molecule has 1 aromatic heterocycles. The zero-order valence-electron chi connectivity index (χ0n) is 11.5. The molecule has 0 aliphatic rings. The SMILES string of the molecule is CN(C)/C=C(/C(=O)c1ccc(Cl)cc1)c1ccnc(Cl)n1. The number of aromatic nitrogens is 2. The lowest BCUT2D eigenvalue weighted by Crippen LogP contribution is -2.10. The van der Waals surface area contributed by atoms with Crippen molar-refractivity contribution in [2.24, 2.45) is 0 Å². The van der Waals surface area contributed by atoms with E-state index in [1.807, 2.05) is 14.1 Å². The van der Waals surface area contributed by atoms with Crippen LogP contribution in [0.3, 0.4) is 0 Å². The molecule has 108 valence electrons. The molecule has 21 heavy (non-hydrogen) atoms. The van der Waals surface area contributed by atoms with Crippen LogP contribution in [-0.4, -0.2) is 34.7 Å². The Kier molecular flexibility index (Phi) is 4.94. The van der Waals surface area contributed by atoms with E-state index in [4.69, 9.17) is 23.2 Å². The number of ketones is 1. The molecule has 0 radical (unpaired) electrons. The number of rotatable bonds is 4. The maximum atomic E-state index is 12.7. The largest absolute Gasteiger partial charge is 0.383 e. The second-order valence-electron chi connectivity index (χ2n) is 4.55. The third-order valence-electron chi connectivity index (χ3n) is 2.64. The van der Waals surface area contributed by atoms with Gasteiger partial charge in [0.25, 0.3) is 0 Å². The summed E-state index contributed by atoms with van der Waals surface area (Å²) in [5.74, 6) is -0.157. The Morgan fingerprint density at radius 1 is 1.14 bits per heavy atom. The quantitative estimate of drug-likeness (QED) is 0.490. The summed E-state index contributed by atoms with van der Waals surface area (Å²) in [5.41, 5.74) is 1.44. The first kappa shape index (κ1) is 15.5. The van der Waals surface area contributed by atoms with E-state index in [1.165, 1.54) is 6.20 Å². The lowest BCUT2D eigenvalue weighted by atomic mass is 10.0. The highest BCUT2D eigenvalue weighted by atomic mass is 35.5. The number of hydrogen-bond donors (Lipinski definition) is 0. The van der Waals surface area contributed by atoms with E-state index in [-0.39, 0.29) is 11.1 Å². The molecular formula is C15H13Cl2N3O. The van der Waals surface area contributed by atoms with E-state index in [9.17, 15) is 4.79 Å². The van der Waals surface area contributed by atoms with Crippen LogP contribution < -0.4 is 0 Å². The van der Waals surface area contributed by atoms with Gasteiger partial charge in [0, 0.05) is 37.1 Å². The van der Waals surface area contributed by atoms with Crippen LogP contribution in [0.15, 0.2) is 42.7 Å². The number of carbonyl (C=O) groups excluding carboxylic acids is 1. The first-order chi connectivity index (χ1) is 9.97. The predicted molar refractivity (Wildman–Crippen MR) is 84.5 cm³/mol. The van der Waals surface area contributed by atoms with Gasteiger partial charge < -0.3 is 4.90 Å². The highest BCUT2D eigenvalue weighted by molar-refractivity contribution is 6.32. The van der Waals surface area contributed by atoms with Gasteiger partial charge >= 0.3 is 0 Å². The van der Waals surface area contributed by atoms with Gasteiger partial charge in [-0.15, -0.1) is 0 Å². The van der Waals surface area contributed by atoms with Gasteiger partial charge in [-0.3, -0.25) is 4.79 Å². The molecule has 2 aromatic rings. The summed E-state index contributed by atoms with van der Waals surface area (Å²) in [6.45, 7) is 0. The van der Waals surface area contributed by atoms with Gasteiger partial charge in [0.15, 0.2) is 5.78 Å². The third-order valence-corrected chi connectivity index (χ3v) is 3.07. The number of halogens is 2. The Morgan fingerprint density at radius 2 is 1.81 bits per heavy atom. The van der Waals surface area contributed by atoms with Crippen molar-refractivity contribution in [2.45, 2.75) is 0 Å². The van der Waals surface area contributed by atoms with Crippen LogP contribution in [0.5, 0.6) is 0 Å². The lowest BCUT2D eigenvalue weighted by Gasteiger charge is -2.11. The van der Waals surface area contributed by atoms with Gasteiger partial charge in [0.1, 0.15) is 0 Å². The maximum absolute atomic E-state index is 12.7. The van der Waals surface area contributed by atoms with Gasteiger partial charge in [-0.05, 0) is 41.9 Å². The molecular weight excluding hydrogens is 309 g/mol. The Balaban J connectivity index is 2.46. The fraction of sp³-hybridized carbons (Fsp3) is 0.133. The summed E-state index contributed by atoms with van der Waals surface area (Å²) < 4.78 is 0. The first-order valence-electron chi connectivity index (χ1n) is 6.15. The molecule has 0 saturated carbocycles. The van der Waals surface area contributed by atoms with E-state index >= 15 is 0 Å². The van der Waals surface area contributed by atoms with E-state index in [1.54, 1.807) is 41.4 Å². The van der Waals surface area contributed by atoms with Crippen molar-refractivity contribution in [3.63, 3.8) is 0 Å². The molecule has 0 N–H and O–H groups in total. The van der Waals surface area contributed by atoms with Crippen LogP contribution in [0.1, 0.15) is 16.1 Å². The highest BCUT2D eigenvalue weighted by Crippen LogP contribution is 2.20. The molecule has 0 aliphatic heterocycles. The van der Waals surface area contributed by atoms with Crippen LogP contribution in [0.4, 0.5) is 0 Å². The van der Waals surface area contributed by atoms with Crippen LogP contribution >= 0.6 is 23.2 Å². The molecule has 0 fully saturated rings. The Hall–Kier alpha value is -1.91. The standard InChI is InChI=1S/C15H13Cl2N3O/c1-20(2)9-12(13-7-8-18-15(17)19-13)14(21)10-3-5-11(16)6-4-10/h3-9H,1-2H3/b12-9+. The Bertz CT molecular complexity index is 682. The zero-order chi connectivity index (χ0) is 15.4. The van der Waals surface area contributed by atoms with Gasteiger partial charge in [0.2, 0.25) is 5.28 Å². The first-order valence-corrected chi connectivity index (χ1v) is 6.90. The van der Waals surface area contributed by atoms with Gasteiger partial charge in [-0.2, -0.15) is 0 Å². The summed E-state index contributed by atoms with van der Waals surface area (Å²) >= 11 is 11.7. The van der Waals surface area contributed by atoms with Crippen molar-refractivity contribution in [3.05, 3.63) is 64.3 Å². The van der Waals surface area contributed by atoms with Crippen molar-refractivity contribution in [2.75, 3.05) is 14.1 Å². The monoisotopic (exact) mass is 321 g/mol. The number of carbonyl (C=O) groups is 1. The minimum atomic E-state index is -0.157. The molecule has 0 amide bonds. The molecule has 2 rings (SSSR count). The highest BCUT2D eigenvalue weighted by Gasteiger charge is 2.16. The zero-order valence-corrected chi connectivity index (χ0v) is 13.1. The number of hydrogen-bond acceptors (Lipinski definition) is 4. The molecule has 0 atom stereocenters. The van der Waals surface area contributed by atoms with Crippen molar-refractivity contribution in [1.29, 1.82) is 0 Å². The lowest BCUT2D eigenvalue weighted by molar-refractivity contribution is 0.105. The molecule has 0 bridgehead atoms. The van der Waals surface area contributed by atoms with Gasteiger partial charge in [-0.1, -0.05) is 11.6 Å². The molecule has 0 spiro atoms. The number of benzene rings is 1. The number of allylic oxidation sites excluding steroid dienone is 1. The fourth-order valence-electron chi connectivity index (χ4n) is 1.74. The van der Waals surface area contributed by atoms with Crippen LogP contribution in [0.25, 0.3) is 5.57 Å². The smallest absolute Gasteiger partial charge is 0.222 e. The average Bonchev–Trinajstić information content (AvgIpc) is 2.44. The molecule has 1 aromatic carbocycles. The van der Waals surface area contributed by atoms with E-state index < -0.39 is 0 Å². The van der Waals surface area contributed by atoms with Crippen molar-refractivity contribution in [1.82, 2.24) is 14.9 Å². The second-order valence-corrected chi connectivity index (χ2v) is 5.33. The average molecular weight is 322 g/mol. The second kappa shape index (κ2) is 6.70. The molecule has 6 heteroatoms. The molecule has 0 unspecified atom stereocenters. The molecule has 0 saturated heterocycles.